The van der Waals surface area contributed by atoms with E-state index in [1.165, 1.54) is 17.5 Å². The fraction of sp³-hybridized carbons (Fsp3) is 0.0909. The molecule has 3 heterocycles. The van der Waals surface area contributed by atoms with Crippen LogP contribution in [0.25, 0.3) is 27.0 Å². The van der Waals surface area contributed by atoms with E-state index >= 15 is 0 Å². The minimum absolute atomic E-state index is 0.674. The van der Waals surface area contributed by atoms with E-state index in [2.05, 4.69) is 74.1 Å². The second-order valence-corrected chi connectivity index (χ2v) is 7.64. The predicted molar refractivity (Wildman–Crippen MR) is 116 cm³/mol. The van der Waals surface area contributed by atoms with Gasteiger partial charge in [-0.25, -0.2) is 19.6 Å². The summed E-state index contributed by atoms with van der Waals surface area (Å²) in [5.41, 5.74) is 5.73. The van der Waals surface area contributed by atoms with Crippen molar-refractivity contribution in [2.75, 3.05) is 5.32 Å². The van der Waals surface area contributed by atoms with Gasteiger partial charge in [-0.05, 0) is 30.2 Å². The monoisotopic (exact) mass is 398 g/mol. The minimum Gasteiger partial charge on any atom is -0.365 e. The zero-order chi connectivity index (χ0) is 19.6. The molecule has 0 fully saturated rings. The number of thiophene rings is 1. The van der Waals surface area contributed by atoms with Crippen LogP contribution < -0.4 is 5.32 Å². The van der Waals surface area contributed by atoms with E-state index in [9.17, 15) is 0 Å². The van der Waals surface area contributed by atoms with Gasteiger partial charge in [0.25, 0.3) is 0 Å². The molecule has 5 rings (SSSR count). The fourth-order valence-electron chi connectivity index (χ4n) is 3.25. The first-order valence-electron chi connectivity index (χ1n) is 9.25. The number of aromatic nitrogens is 5. The van der Waals surface area contributed by atoms with E-state index in [0.29, 0.717) is 6.54 Å². The first-order valence-corrected chi connectivity index (χ1v) is 10.1. The van der Waals surface area contributed by atoms with E-state index in [1.807, 2.05) is 12.1 Å². The molecule has 0 atom stereocenters. The topological polar surface area (TPSA) is 68.5 Å². The average molecular weight is 398 g/mol. The Morgan fingerprint density at radius 1 is 0.966 bits per heavy atom. The Morgan fingerprint density at radius 3 is 2.55 bits per heavy atom. The lowest BCUT2D eigenvalue weighted by Gasteiger charge is -2.09. The molecule has 0 bridgehead atoms. The molecule has 5 aromatic rings. The first-order chi connectivity index (χ1) is 14.3. The summed E-state index contributed by atoms with van der Waals surface area (Å²) >= 11 is 1.64. The van der Waals surface area contributed by atoms with Crippen molar-refractivity contribution in [3.8, 4) is 16.8 Å². The molecular formula is C22H18N6S. The van der Waals surface area contributed by atoms with E-state index in [4.69, 9.17) is 0 Å². The van der Waals surface area contributed by atoms with Gasteiger partial charge in [-0.3, -0.25) is 0 Å². The van der Waals surface area contributed by atoms with Gasteiger partial charge >= 0.3 is 0 Å². The van der Waals surface area contributed by atoms with E-state index in [1.54, 1.807) is 28.7 Å². The lowest BCUT2D eigenvalue weighted by molar-refractivity contribution is 0.877. The van der Waals surface area contributed by atoms with Crippen molar-refractivity contribution in [2.45, 2.75) is 13.5 Å². The molecule has 1 N–H and O–H groups in total. The highest BCUT2D eigenvalue weighted by Crippen LogP contribution is 2.36. The summed E-state index contributed by atoms with van der Waals surface area (Å²) in [5.74, 6) is 0.854. The van der Waals surface area contributed by atoms with Gasteiger partial charge in [-0.2, -0.15) is 5.10 Å². The molecular weight excluding hydrogens is 380 g/mol. The molecule has 0 aliphatic heterocycles. The Morgan fingerprint density at radius 2 is 1.79 bits per heavy atom. The summed E-state index contributed by atoms with van der Waals surface area (Å²) in [5, 5.41) is 10.9. The van der Waals surface area contributed by atoms with Crippen molar-refractivity contribution in [1.82, 2.24) is 24.7 Å². The highest BCUT2D eigenvalue weighted by atomic mass is 32.1. The number of benzene rings is 2. The second kappa shape index (κ2) is 7.44. The van der Waals surface area contributed by atoms with Crippen LogP contribution in [-0.4, -0.2) is 24.7 Å². The molecule has 29 heavy (non-hydrogen) atoms. The molecule has 142 valence electrons. The molecule has 2 aromatic carbocycles. The summed E-state index contributed by atoms with van der Waals surface area (Å²) in [4.78, 5) is 13.9. The van der Waals surface area contributed by atoms with Gasteiger partial charge in [-0.1, -0.05) is 42.0 Å². The Kier molecular flexibility index (Phi) is 4.50. The average Bonchev–Trinajstić information content (AvgIpc) is 3.44. The molecule has 0 spiro atoms. The molecule has 0 aliphatic rings. The lowest BCUT2D eigenvalue weighted by atomic mass is 10.0. The van der Waals surface area contributed by atoms with Crippen LogP contribution in [0.4, 0.5) is 5.82 Å². The van der Waals surface area contributed by atoms with Gasteiger partial charge in [0.2, 0.25) is 0 Å². The lowest BCUT2D eigenvalue weighted by Crippen LogP contribution is -2.03. The number of nitrogens with zero attached hydrogens (tertiary/aromatic N) is 5. The molecule has 0 saturated carbocycles. The van der Waals surface area contributed by atoms with Crippen LogP contribution in [0.3, 0.4) is 0 Å². The maximum Gasteiger partial charge on any atom is 0.139 e. The molecule has 0 amide bonds. The SMILES string of the molecule is Cc1ccc(-c2csc3ncnc(NCc4ccc(-n5cncn5)cc4)c23)cc1. The molecule has 0 unspecified atom stereocenters. The number of fused-ring (bicyclic) bond motifs is 1. The smallest absolute Gasteiger partial charge is 0.139 e. The molecule has 3 aromatic heterocycles. The number of nitrogens with one attached hydrogen (secondary N) is 1. The normalized spacial score (nSPS) is 11.1. The van der Waals surface area contributed by atoms with Crippen molar-refractivity contribution in [3.63, 3.8) is 0 Å². The van der Waals surface area contributed by atoms with Crippen LogP contribution in [-0.2, 0) is 6.54 Å². The summed E-state index contributed by atoms with van der Waals surface area (Å²) in [7, 11) is 0. The molecule has 7 heteroatoms. The van der Waals surface area contributed by atoms with Crippen LogP contribution in [0, 0.1) is 6.92 Å². The summed E-state index contributed by atoms with van der Waals surface area (Å²) < 4.78 is 1.74. The van der Waals surface area contributed by atoms with Crippen molar-refractivity contribution in [3.05, 3.63) is 84.0 Å². The van der Waals surface area contributed by atoms with Crippen LogP contribution in [0.15, 0.2) is 72.9 Å². The molecule has 0 radical (unpaired) electrons. The highest BCUT2D eigenvalue weighted by molar-refractivity contribution is 7.17. The Balaban J connectivity index is 1.42. The zero-order valence-corrected chi connectivity index (χ0v) is 16.6. The maximum atomic E-state index is 4.52. The van der Waals surface area contributed by atoms with Crippen LogP contribution in [0.1, 0.15) is 11.1 Å². The number of anilines is 1. The van der Waals surface area contributed by atoms with Gasteiger partial charge in [0, 0.05) is 17.5 Å². The van der Waals surface area contributed by atoms with Gasteiger partial charge < -0.3 is 5.32 Å². The Bertz CT molecular complexity index is 1240. The highest BCUT2D eigenvalue weighted by Gasteiger charge is 2.13. The van der Waals surface area contributed by atoms with Crippen molar-refractivity contribution in [2.24, 2.45) is 0 Å². The van der Waals surface area contributed by atoms with E-state index < -0.39 is 0 Å². The van der Waals surface area contributed by atoms with Crippen LogP contribution in [0.2, 0.25) is 0 Å². The predicted octanol–water partition coefficient (Wildman–Crippen LogP) is 4.86. The zero-order valence-electron chi connectivity index (χ0n) is 15.8. The summed E-state index contributed by atoms with van der Waals surface area (Å²) in [6.07, 6.45) is 4.84. The Hall–Kier alpha value is -3.58. The first kappa shape index (κ1) is 17.5. The van der Waals surface area contributed by atoms with Gasteiger partial charge in [0.05, 0.1) is 11.1 Å². The molecule has 0 aliphatic carbocycles. The quantitative estimate of drug-likeness (QED) is 0.458. The third kappa shape index (κ3) is 3.48. The Labute approximate surface area is 171 Å². The van der Waals surface area contributed by atoms with Gasteiger partial charge in [-0.15, -0.1) is 11.3 Å². The summed E-state index contributed by atoms with van der Waals surface area (Å²) in [6, 6.07) is 16.8. The number of aryl methyl sites for hydroxylation is 1. The number of hydrogen-bond donors (Lipinski definition) is 1. The third-order valence-corrected chi connectivity index (χ3v) is 5.70. The number of rotatable bonds is 5. The second-order valence-electron chi connectivity index (χ2n) is 6.78. The van der Waals surface area contributed by atoms with Gasteiger partial charge in [0.15, 0.2) is 0 Å². The van der Waals surface area contributed by atoms with Gasteiger partial charge in [0.1, 0.15) is 29.6 Å². The molecule has 0 saturated heterocycles. The van der Waals surface area contributed by atoms with Crippen LogP contribution in [0.5, 0.6) is 0 Å². The van der Waals surface area contributed by atoms with Crippen molar-refractivity contribution < 1.29 is 0 Å². The standard InChI is InChI=1S/C22H18N6S/c1-15-2-6-17(7-3-15)19-11-29-22-20(19)21(25-13-26-22)24-10-16-4-8-18(9-5-16)28-14-23-12-27-28/h2-9,11-14H,10H2,1H3,(H,24,25,26). The fourth-order valence-corrected chi connectivity index (χ4v) is 4.16. The van der Waals surface area contributed by atoms with E-state index in [0.717, 1.165) is 32.8 Å². The molecule has 6 nitrogen and oxygen atoms in total. The third-order valence-electron chi connectivity index (χ3n) is 4.81. The number of hydrogen-bond acceptors (Lipinski definition) is 6. The minimum atomic E-state index is 0.674. The summed E-state index contributed by atoms with van der Waals surface area (Å²) in [6.45, 7) is 2.77. The van der Waals surface area contributed by atoms with Crippen molar-refractivity contribution in [1.29, 1.82) is 0 Å². The van der Waals surface area contributed by atoms with E-state index in [-0.39, 0.29) is 0 Å². The largest absolute Gasteiger partial charge is 0.365 e. The maximum absolute atomic E-state index is 4.52. The van der Waals surface area contributed by atoms with Crippen LogP contribution >= 0.6 is 11.3 Å². The van der Waals surface area contributed by atoms with Crippen molar-refractivity contribution >= 4 is 27.4 Å².